The quantitative estimate of drug-likeness (QED) is 0.0771. The van der Waals surface area contributed by atoms with Gasteiger partial charge in [0.1, 0.15) is 11.5 Å². The fourth-order valence-corrected chi connectivity index (χ4v) is 8.88. The summed E-state index contributed by atoms with van der Waals surface area (Å²) in [4.78, 5) is 18.7. The maximum Gasteiger partial charge on any atom is 0.119 e. The standard InChI is InChI=1S/C56H50N4O2.Zn/c1-7-9-10-11-32-62-43-22-18-41(19-23-43)55-46-25-24-44(57-46)53(39-14-12-38(8-2)13-15-39)48-28-30-50(59-48)56(52-36(4)33-35(3)34-37(52)5)51-31-29-49(60-51)54(45-26-27-47(55)58-45)40-16-20-42(61-6)21-17-40;/h2,12-31,33-34,57,60H,7,9-11,32H2,1,3-6H3;. The van der Waals surface area contributed by atoms with Crippen molar-refractivity contribution in [3.63, 3.8) is 0 Å². The zero-order chi connectivity index (χ0) is 42.7. The number of fused-ring (bicyclic) bond motifs is 8. The van der Waals surface area contributed by atoms with Crippen LogP contribution in [0.15, 0.2) is 109 Å². The Labute approximate surface area is 383 Å². The molecule has 0 atom stereocenters. The van der Waals surface area contributed by atoms with Crippen LogP contribution in [0.25, 0.3) is 90.9 Å². The first kappa shape index (κ1) is 42.9. The van der Waals surface area contributed by atoms with Gasteiger partial charge < -0.3 is 19.4 Å². The molecule has 0 spiro atoms. The molecule has 2 aliphatic heterocycles. The molecule has 0 amide bonds. The van der Waals surface area contributed by atoms with Crippen molar-refractivity contribution in [3.05, 3.63) is 154 Å². The number of benzene rings is 4. The van der Waals surface area contributed by atoms with E-state index in [-0.39, 0.29) is 19.5 Å². The number of aromatic amines is 2. The van der Waals surface area contributed by atoms with Crippen LogP contribution < -0.4 is 9.47 Å². The molecule has 0 aliphatic carbocycles. The smallest absolute Gasteiger partial charge is 0.119 e. The molecule has 6 nitrogen and oxygen atoms in total. The van der Waals surface area contributed by atoms with Crippen molar-refractivity contribution in [1.29, 1.82) is 0 Å². The van der Waals surface area contributed by atoms with Gasteiger partial charge in [0.2, 0.25) is 0 Å². The van der Waals surface area contributed by atoms with Crippen molar-refractivity contribution in [3.8, 4) is 68.4 Å². The van der Waals surface area contributed by atoms with E-state index in [0.717, 1.165) is 113 Å². The van der Waals surface area contributed by atoms with E-state index in [1.54, 1.807) is 7.11 Å². The maximum absolute atomic E-state index is 6.18. The number of aromatic nitrogens is 4. The van der Waals surface area contributed by atoms with Gasteiger partial charge in [-0.3, -0.25) is 0 Å². The minimum absolute atomic E-state index is 0. The SMILES string of the molecule is C#Cc1ccc(-c2c3nc(c(-c4c(C)cc(C)cc4C)c4ccc([nH]4)c(-c4ccc(OC)cc4)c4nc(c(-c5ccc(OCCCCCC)cc5)c5ccc2[nH]5)C=C4)C=C3)cc1.[Zn]. The average molecular weight is 876 g/mol. The normalized spacial score (nSPS) is 11.6. The number of methoxy groups -OCH3 is 1. The number of H-pyrrole nitrogens is 2. The third kappa shape index (κ3) is 8.70. The Kier molecular flexibility index (Phi) is 12.7. The van der Waals surface area contributed by atoms with Crippen molar-refractivity contribution < 1.29 is 29.0 Å². The van der Waals surface area contributed by atoms with E-state index in [4.69, 9.17) is 25.9 Å². The number of terminal acetylenes is 1. The molecule has 4 aromatic carbocycles. The second kappa shape index (κ2) is 18.7. The minimum Gasteiger partial charge on any atom is -0.497 e. The first-order valence-corrected chi connectivity index (χ1v) is 21.5. The fourth-order valence-electron chi connectivity index (χ4n) is 8.88. The summed E-state index contributed by atoms with van der Waals surface area (Å²) in [7, 11) is 1.69. The van der Waals surface area contributed by atoms with Gasteiger partial charge in [-0.15, -0.1) is 6.42 Å². The molecule has 7 heteroatoms. The molecule has 2 N–H and O–H groups in total. The summed E-state index contributed by atoms with van der Waals surface area (Å²) in [5.41, 5.74) is 19.8. The van der Waals surface area contributed by atoms with Crippen LogP contribution in [0, 0.1) is 33.1 Å². The van der Waals surface area contributed by atoms with E-state index < -0.39 is 0 Å². The van der Waals surface area contributed by atoms with Gasteiger partial charge in [-0.25, -0.2) is 9.97 Å². The third-order valence-electron chi connectivity index (χ3n) is 11.8. The molecule has 0 radical (unpaired) electrons. The van der Waals surface area contributed by atoms with E-state index in [1.807, 2.05) is 24.3 Å². The van der Waals surface area contributed by atoms with Crippen LogP contribution in [-0.4, -0.2) is 33.7 Å². The van der Waals surface area contributed by atoms with Gasteiger partial charge >= 0.3 is 0 Å². The number of ether oxygens (including phenoxy) is 2. The Hall–Kier alpha value is -6.74. The van der Waals surface area contributed by atoms with E-state index in [9.17, 15) is 0 Å². The van der Waals surface area contributed by atoms with Crippen molar-refractivity contribution >= 4 is 46.4 Å². The van der Waals surface area contributed by atoms with Gasteiger partial charge in [0.25, 0.3) is 0 Å². The Balaban J connectivity index is 0.00000544. The number of aryl methyl sites for hydroxylation is 3. The van der Waals surface area contributed by atoms with Gasteiger partial charge in [0.05, 0.1) is 36.5 Å². The summed E-state index contributed by atoms with van der Waals surface area (Å²) in [6.07, 6.45) is 19.0. The molecular weight excluding hydrogens is 826 g/mol. The summed E-state index contributed by atoms with van der Waals surface area (Å²) in [5.74, 6) is 4.43. The molecule has 0 saturated carbocycles. The van der Waals surface area contributed by atoms with E-state index >= 15 is 0 Å². The van der Waals surface area contributed by atoms with Crippen LogP contribution in [0.1, 0.15) is 77.6 Å². The summed E-state index contributed by atoms with van der Waals surface area (Å²) in [5, 5.41) is 0. The summed E-state index contributed by atoms with van der Waals surface area (Å²) in [6.45, 7) is 9.46. The van der Waals surface area contributed by atoms with E-state index in [0.29, 0.717) is 6.61 Å². The number of hydrogen-bond acceptors (Lipinski definition) is 4. The van der Waals surface area contributed by atoms with Crippen LogP contribution in [0.5, 0.6) is 11.5 Å². The molecular formula is C56H50N4O2Zn. The maximum atomic E-state index is 6.18. The van der Waals surface area contributed by atoms with Gasteiger partial charge in [-0.2, -0.15) is 0 Å². The van der Waals surface area contributed by atoms with Crippen LogP contribution in [0.2, 0.25) is 0 Å². The van der Waals surface area contributed by atoms with Gasteiger partial charge in [0.15, 0.2) is 0 Å². The zero-order valence-electron chi connectivity index (χ0n) is 36.7. The molecule has 5 heterocycles. The summed E-state index contributed by atoms with van der Waals surface area (Å²) >= 11 is 0. The van der Waals surface area contributed by atoms with Crippen molar-refractivity contribution in [2.75, 3.05) is 13.7 Å². The van der Waals surface area contributed by atoms with Gasteiger partial charge in [0, 0.05) is 69.4 Å². The molecule has 3 aromatic heterocycles. The molecule has 9 rings (SSSR count). The second-order valence-electron chi connectivity index (χ2n) is 16.2. The largest absolute Gasteiger partial charge is 0.497 e. The van der Waals surface area contributed by atoms with Crippen LogP contribution in [-0.2, 0) is 19.5 Å². The first-order valence-electron chi connectivity index (χ1n) is 21.5. The fraction of sp³-hybridized carbons (Fsp3) is 0.179. The Morgan fingerprint density at radius 1 is 0.524 bits per heavy atom. The second-order valence-corrected chi connectivity index (χ2v) is 16.2. The number of rotatable bonds is 11. The van der Waals surface area contributed by atoms with Crippen molar-refractivity contribution in [1.82, 2.24) is 19.9 Å². The molecule has 308 valence electrons. The van der Waals surface area contributed by atoms with Crippen molar-refractivity contribution in [2.24, 2.45) is 0 Å². The monoisotopic (exact) mass is 874 g/mol. The summed E-state index contributed by atoms with van der Waals surface area (Å²) in [6, 6.07) is 37.9. The predicted octanol–water partition coefficient (Wildman–Crippen LogP) is 14.2. The Bertz CT molecular complexity index is 3070. The molecule has 0 saturated heterocycles. The zero-order valence-corrected chi connectivity index (χ0v) is 39.7. The molecule has 0 fully saturated rings. The summed E-state index contributed by atoms with van der Waals surface area (Å²) < 4.78 is 11.8. The molecule has 8 bridgehead atoms. The topological polar surface area (TPSA) is 75.8 Å². The molecule has 2 aliphatic rings. The number of hydrogen-bond donors (Lipinski definition) is 2. The van der Waals surface area contributed by atoms with Crippen molar-refractivity contribution in [2.45, 2.75) is 53.4 Å². The van der Waals surface area contributed by atoms with E-state index in [2.05, 4.69) is 153 Å². The first-order chi connectivity index (χ1) is 30.3. The predicted molar refractivity (Wildman–Crippen MR) is 259 cm³/mol. The number of nitrogens with one attached hydrogen (secondary N) is 2. The Morgan fingerprint density at radius 3 is 1.40 bits per heavy atom. The van der Waals surface area contributed by atoms with E-state index in [1.165, 1.54) is 36.0 Å². The Morgan fingerprint density at radius 2 is 0.952 bits per heavy atom. The molecule has 0 unspecified atom stereocenters. The molecule has 63 heavy (non-hydrogen) atoms. The molecule has 7 aromatic rings. The van der Waals surface area contributed by atoms with Crippen LogP contribution in [0.3, 0.4) is 0 Å². The van der Waals surface area contributed by atoms with Gasteiger partial charge in [-0.05, 0) is 146 Å². The third-order valence-corrected chi connectivity index (χ3v) is 11.8. The number of unbranched alkanes of at least 4 members (excludes halogenated alkanes) is 3. The number of nitrogens with zero attached hydrogens (tertiary/aromatic N) is 2. The van der Waals surface area contributed by atoms with Crippen LogP contribution >= 0.6 is 0 Å². The van der Waals surface area contributed by atoms with Crippen LogP contribution in [0.4, 0.5) is 0 Å². The average Bonchev–Trinajstić information content (AvgIpc) is 4.13. The minimum atomic E-state index is 0. The van der Waals surface area contributed by atoms with Gasteiger partial charge in [-0.1, -0.05) is 86.2 Å².